The molecule has 0 unspecified atom stereocenters. The Labute approximate surface area is 107 Å². The lowest BCUT2D eigenvalue weighted by Gasteiger charge is -2.20. The molecule has 0 radical (unpaired) electrons. The van der Waals surface area contributed by atoms with Crippen LogP contribution in [-0.2, 0) is 0 Å². The number of carbonyl (C=O) groups excluding carboxylic acids is 1. The van der Waals surface area contributed by atoms with Gasteiger partial charge in [-0.05, 0) is 32.4 Å². The van der Waals surface area contributed by atoms with Crippen molar-refractivity contribution in [2.45, 2.75) is 20.8 Å². The number of aryl methyl sites for hydroxylation is 1. The number of urea groups is 1. The number of nitrogens with two attached hydrogens (primary N) is 1. The van der Waals surface area contributed by atoms with Crippen LogP contribution in [-0.4, -0.2) is 29.9 Å². The van der Waals surface area contributed by atoms with Crippen LogP contribution in [0, 0.1) is 12.3 Å². The van der Waals surface area contributed by atoms with Gasteiger partial charge in [-0.3, -0.25) is 5.41 Å². The summed E-state index contributed by atoms with van der Waals surface area (Å²) in [7, 11) is 0. The molecule has 0 atom stereocenters. The van der Waals surface area contributed by atoms with Crippen LogP contribution in [0.3, 0.4) is 0 Å². The van der Waals surface area contributed by atoms with Crippen LogP contribution in [0.5, 0.6) is 0 Å². The Bertz CT molecular complexity index is 452. The first-order valence-electron chi connectivity index (χ1n) is 6.01. The van der Waals surface area contributed by atoms with Crippen LogP contribution in [0.1, 0.15) is 25.0 Å². The van der Waals surface area contributed by atoms with Crippen molar-refractivity contribution >= 4 is 17.6 Å². The molecule has 1 rings (SSSR count). The fourth-order valence-corrected chi connectivity index (χ4v) is 1.83. The van der Waals surface area contributed by atoms with Gasteiger partial charge < -0.3 is 16.0 Å². The Morgan fingerprint density at radius 1 is 1.39 bits per heavy atom. The number of benzene rings is 1. The highest BCUT2D eigenvalue weighted by Gasteiger charge is 2.14. The first kappa shape index (κ1) is 14.0. The van der Waals surface area contributed by atoms with Gasteiger partial charge in [-0.25, -0.2) is 4.79 Å². The van der Waals surface area contributed by atoms with Gasteiger partial charge in [-0.15, -0.1) is 0 Å². The molecule has 0 heterocycles. The molecule has 4 N–H and O–H groups in total. The molecule has 5 nitrogen and oxygen atoms in total. The van der Waals surface area contributed by atoms with E-state index in [1.54, 1.807) is 11.0 Å². The van der Waals surface area contributed by atoms with Crippen LogP contribution in [0.25, 0.3) is 0 Å². The van der Waals surface area contributed by atoms with Gasteiger partial charge in [0.25, 0.3) is 0 Å². The number of anilines is 1. The van der Waals surface area contributed by atoms with Crippen molar-refractivity contribution in [2.75, 3.05) is 18.4 Å². The fraction of sp³-hybridized carbons (Fsp3) is 0.385. The molecule has 18 heavy (non-hydrogen) atoms. The third-order valence-corrected chi connectivity index (χ3v) is 2.83. The molecule has 0 bridgehead atoms. The second kappa shape index (κ2) is 6.05. The Morgan fingerprint density at radius 3 is 2.50 bits per heavy atom. The molecular formula is C13H20N4O. The Kier molecular flexibility index (Phi) is 4.71. The molecule has 1 aromatic rings. The summed E-state index contributed by atoms with van der Waals surface area (Å²) in [6.45, 7) is 6.99. The zero-order valence-corrected chi connectivity index (χ0v) is 11.1. The largest absolute Gasteiger partial charge is 0.384 e. The quantitative estimate of drug-likeness (QED) is 0.563. The van der Waals surface area contributed by atoms with E-state index in [0.717, 1.165) is 5.56 Å². The van der Waals surface area contributed by atoms with E-state index < -0.39 is 0 Å². The maximum absolute atomic E-state index is 12.0. The van der Waals surface area contributed by atoms with Gasteiger partial charge >= 0.3 is 6.03 Å². The van der Waals surface area contributed by atoms with E-state index in [0.29, 0.717) is 24.3 Å². The Balaban J connectivity index is 3.01. The van der Waals surface area contributed by atoms with Crippen molar-refractivity contribution in [3.05, 3.63) is 29.3 Å². The minimum absolute atomic E-state index is 0.0389. The predicted molar refractivity (Wildman–Crippen MR) is 74.1 cm³/mol. The number of nitrogens with one attached hydrogen (secondary N) is 2. The molecule has 0 aliphatic heterocycles. The van der Waals surface area contributed by atoms with Gasteiger partial charge in [-0.1, -0.05) is 12.1 Å². The van der Waals surface area contributed by atoms with Crippen molar-refractivity contribution < 1.29 is 4.79 Å². The van der Waals surface area contributed by atoms with E-state index >= 15 is 0 Å². The molecule has 0 aromatic heterocycles. The van der Waals surface area contributed by atoms with Crippen LogP contribution in [0.4, 0.5) is 10.5 Å². The normalized spacial score (nSPS) is 9.94. The number of hydrogen-bond acceptors (Lipinski definition) is 2. The molecular weight excluding hydrogens is 228 g/mol. The number of amidine groups is 1. The fourth-order valence-electron chi connectivity index (χ4n) is 1.83. The number of amides is 2. The standard InChI is InChI=1S/C13H20N4O/c1-4-17(5-2)13(18)16-10-8-6-7-9(3)11(10)12(14)15/h6-8H,4-5H2,1-3H3,(H3,14,15)(H,16,18). The summed E-state index contributed by atoms with van der Waals surface area (Å²) in [5.41, 5.74) is 7.59. The van der Waals surface area contributed by atoms with E-state index in [1.807, 2.05) is 32.9 Å². The van der Waals surface area contributed by atoms with Crippen LogP contribution < -0.4 is 11.1 Å². The van der Waals surface area contributed by atoms with Crippen molar-refractivity contribution in [3.63, 3.8) is 0 Å². The van der Waals surface area contributed by atoms with E-state index in [9.17, 15) is 4.79 Å². The van der Waals surface area contributed by atoms with Crippen molar-refractivity contribution in [1.29, 1.82) is 5.41 Å². The lowest BCUT2D eigenvalue weighted by molar-refractivity contribution is 0.217. The summed E-state index contributed by atoms with van der Waals surface area (Å²) >= 11 is 0. The zero-order valence-electron chi connectivity index (χ0n) is 11.1. The Morgan fingerprint density at radius 2 is 2.00 bits per heavy atom. The van der Waals surface area contributed by atoms with Crippen molar-refractivity contribution in [1.82, 2.24) is 4.90 Å². The van der Waals surface area contributed by atoms with E-state index in [-0.39, 0.29) is 11.9 Å². The summed E-state index contributed by atoms with van der Waals surface area (Å²) < 4.78 is 0. The van der Waals surface area contributed by atoms with E-state index in [4.69, 9.17) is 11.1 Å². The molecule has 0 fully saturated rings. The molecule has 0 saturated carbocycles. The minimum Gasteiger partial charge on any atom is -0.384 e. The summed E-state index contributed by atoms with van der Waals surface area (Å²) in [5.74, 6) is -0.0389. The molecule has 5 heteroatoms. The highest BCUT2D eigenvalue weighted by molar-refractivity contribution is 6.05. The van der Waals surface area contributed by atoms with Gasteiger partial charge in [0.05, 0.1) is 5.69 Å². The summed E-state index contributed by atoms with van der Waals surface area (Å²) in [5, 5.41) is 10.4. The van der Waals surface area contributed by atoms with Gasteiger partial charge in [0.15, 0.2) is 0 Å². The van der Waals surface area contributed by atoms with Crippen LogP contribution >= 0.6 is 0 Å². The van der Waals surface area contributed by atoms with Gasteiger partial charge in [-0.2, -0.15) is 0 Å². The molecule has 2 amide bonds. The van der Waals surface area contributed by atoms with Crippen molar-refractivity contribution in [2.24, 2.45) is 5.73 Å². The molecule has 0 spiro atoms. The monoisotopic (exact) mass is 248 g/mol. The summed E-state index contributed by atoms with van der Waals surface area (Å²) in [4.78, 5) is 13.6. The lowest BCUT2D eigenvalue weighted by atomic mass is 10.1. The average molecular weight is 248 g/mol. The van der Waals surface area contributed by atoms with Gasteiger partial charge in [0.2, 0.25) is 0 Å². The topological polar surface area (TPSA) is 82.2 Å². The predicted octanol–water partition coefficient (Wildman–Crippen LogP) is 2.15. The first-order valence-corrected chi connectivity index (χ1v) is 6.01. The number of nitrogens with zero attached hydrogens (tertiary/aromatic N) is 1. The van der Waals surface area contributed by atoms with Crippen LogP contribution in [0.2, 0.25) is 0 Å². The highest BCUT2D eigenvalue weighted by Crippen LogP contribution is 2.19. The minimum atomic E-state index is -0.173. The maximum Gasteiger partial charge on any atom is 0.321 e. The third kappa shape index (κ3) is 3.00. The van der Waals surface area contributed by atoms with Crippen molar-refractivity contribution in [3.8, 4) is 0 Å². The van der Waals surface area contributed by atoms with E-state index in [2.05, 4.69) is 5.32 Å². The highest BCUT2D eigenvalue weighted by atomic mass is 16.2. The van der Waals surface area contributed by atoms with Crippen LogP contribution in [0.15, 0.2) is 18.2 Å². The Hall–Kier alpha value is -2.04. The maximum atomic E-state index is 12.0. The molecule has 1 aromatic carbocycles. The second-order valence-corrected chi connectivity index (χ2v) is 4.01. The second-order valence-electron chi connectivity index (χ2n) is 4.01. The van der Waals surface area contributed by atoms with Gasteiger partial charge in [0.1, 0.15) is 5.84 Å². The van der Waals surface area contributed by atoms with Gasteiger partial charge in [0, 0.05) is 18.7 Å². The summed E-state index contributed by atoms with van der Waals surface area (Å²) in [6.07, 6.45) is 0. The molecule has 0 aliphatic rings. The number of carbonyl (C=O) groups is 1. The first-order chi connectivity index (χ1) is 8.51. The number of nitrogen functional groups attached to an aromatic ring is 1. The molecule has 98 valence electrons. The van der Waals surface area contributed by atoms with E-state index in [1.165, 1.54) is 0 Å². The zero-order chi connectivity index (χ0) is 13.7. The lowest BCUT2D eigenvalue weighted by Crippen LogP contribution is -2.35. The molecule has 0 aliphatic carbocycles. The summed E-state index contributed by atoms with van der Waals surface area (Å²) in [6, 6.07) is 5.28. The number of hydrogen-bond donors (Lipinski definition) is 3. The SMILES string of the molecule is CCN(CC)C(=O)Nc1cccc(C)c1C(=N)N. The molecule has 0 saturated heterocycles. The average Bonchev–Trinajstić information content (AvgIpc) is 2.30. The smallest absolute Gasteiger partial charge is 0.321 e. The number of rotatable bonds is 4. The third-order valence-electron chi connectivity index (χ3n) is 2.83.